The highest BCUT2D eigenvalue weighted by Gasteiger charge is 2.58. The number of benzene rings is 9. The minimum absolute atomic E-state index is 0.141. The van der Waals surface area contributed by atoms with Gasteiger partial charge in [-0.05, 0) is 105 Å². The van der Waals surface area contributed by atoms with Crippen molar-refractivity contribution in [3.05, 3.63) is 247 Å². The number of para-hydroxylation sites is 3. The second-order valence-corrected chi connectivity index (χ2v) is 17.5. The van der Waals surface area contributed by atoms with Crippen LogP contribution in [0.5, 0.6) is 0 Å². The molecule has 300 valence electrons. The maximum absolute atomic E-state index is 6.71. The number of hydrogen-bond donors (Lipinski definition) is 0. The molecule has 3 atom stereocenters. The lowest BCUT2D eigenvalue weighted by Gasteiger charge is -2.39. The van der Waals surface area contributed by atoms with E-state index in [4.69, 9.17) is 8.83 Å². The number of furan rings is 2. The van der Waals surface area contributed by atoms with Gasteiger partial charge in [0, 0.05) is 50.3 Å². The number of allylic oxidation sites excluding steroid dienone is 4. The van der Waals surface area contributed by atoms with Crippen LogP contribution in [0, 0.1) is 5.92 Å². The molecule has 0 radical (unpaired) electrons. The van der Waals surface area contributed by atoms with Crippen LogP contribution in [0.15, 0.2) is 233 Å². The second kappa shape index (κ2) is 13.4. The van der Waals surface area contributed by atoms with Gasteiger partial charge in [-0.2, -0.15) is 0 Å². The van der Waals surface area contributed by atoms with E-state index in [2.05, 4.69) is 223 Å². The maximum atomic E-state index is 6.71. The standard InChI is InChI=1S/C61H39NO2/c1-2-14-38(15-3-1)39-28-32-41(33-29-39)62(42-34-30-40(31-35-42)43-20-12-22-49-46-18-6-11-27-57(46)64-60(43)49)55-25-13-21-48-44-16-4-8-23-52(44)61(59(48)55)53-24-9-5-17-45(53)50-36-51-47-19-7-10-26-56(47)63-58(51)37-54(50)61/h1-37,45,53H. The molecule has 0 amide bonds. The van der Waals surface area contributed by atoms with Gasteiger partial charge in [0.15, 0.2) is 0 Å². The van der Waals surface area contributed by atoms with E-state index in [1.165, 1.54) is 49.9 Å². The van der Waals surface area contributed by atoms with Crippen molar-refractivity contribution in [3.8, 4) is 33.4 Å². The lowest BCUT2D eigenvalue weighted by Crippen LogP contribution is -2.34. The Morgan fingerprint density at radius 2 is 1.02 bits per heavy atom. The Morgan fingerprint density at radius 1 is 0.406 bits per heavy atom. The van der Waals surface area contributed by atoms with Crippen molar-refractivity contribution in [1.82, 2.24) is 0 Å². The summed E-state index contributed by atoms with van der Waals surface area (Å²) >= 11 is 0. The van der Waals surface area contributed by atoms with Gasteiger partial charge in [0.25, 0.3) is 0 Å². The molecule has 64 heavy (non-hydrogen) atoms. The third-order valence-corrected chi connectivity index (χ3v) is 14.4. The summed E-state index contributed by atoms with van der Waals surface area (Å²) in [4.78, 5) is 2.49. The summed E-state index contributed by atoms with van der Waals surface area (Å²) < 4.78 is 13.2. The van der Waals surface area contributed by atoms with Crippen molar-refractivity contribution in [3.63, 3.8) is 0 Å². The fraction of sp³-hybridized carbons (Fsp3) is 0.0492. The average molecular weight is 818 g/mol. The molecule has 3 unspecified atom stereocenters. The van der Waals surface area contributed by atoms with Gasteiger partial charge in [0.05, 0.1) is 11.1 Å². The number of nitrogens with zero attached hydrogens (tertiary/aromatic N) is 1. The Morgan fingerprint density at radius 3 is 1.83 bits per heavy atom. The first-order chi connectivity index (χ1) is 31.7. The molecule has 0 N–H and O–H groups in total. The maximum Gasteiger partial charge on any atom is 0.143 e. The fourth-order valence-electron chi connectivity index (χ4n) is 11.7. The van der Waals surface area contributed by atoms with E-state index in [9.17, 15) is 0 Å². The third-order valence-electron chi connectivity index (χ3n) is 14.4. The molecular weight excluding hydrogens is 779 g/mol. The van der Waals surface area contributed by atoms with Crippen LogP contribution in [0.25, 0.3) is 77.3 Å². The van der Waals surface area contributed by atoms with E-state index in [0.29, 0.717) is 0 Å². The summed E-state index contributed by atoms with van der Waals surface area (Å²) in [5.74, 6) is 0.326. The normalized spacial score (nSPS) is 17.9. The van der Waals surface area contributed by atoms with Gasteiger partial charge in [-0.25, -0.2) is 0 Å². The molecule has 3 heteroatoms. The number of fused-ring (bicyclic) bond motifs is 16. The van der Waals surface area contributed by atoms with Crippen molar-refractivity contribution in [2.24, 2.45) is 5.92 Å². The summed E-state index contributed by atoms with van der Waals surface area (Å²) in [6, 6.07) is 72.9. The molecule has 14 rings (SSSR count). The van der Waals surface area contributed by atoms with Crippen LogP contribution >= 0.6 is 0 Å². The zero-order chi connectivity index (χ0) is 41.9. The van der Waals surface area contributed by atoms with Crippen LogP contribution in [-0.2, 0) is 5.41 Å². The summed E-state index contributed by atoms with van der Waals surface area (Å²) in [5, 5.41) is 4.59. The van der Waals surface area contributed by atoms with Crippen LogP contribution in [-0.4, -0.2) is 0 Å². The van der Waals surface area contributed by atoms with Gasteiger partial charge in [0.2, 0.25) is 0 Å². The van der Waals surface area contributed by atoms with Crippen LogP contribution in [0.3, 0.4) is 0 Å². The van der Waals surface area contributed by atoms with Gasteiger partial charge >= 0.3 is 0 Å². The van der Waals surface area contributed by atoms with Gasteiger partial charge in [-0.3, -0.25) is 0 Å². The van der Waals surface area contributed by atoms with Gasteiger partial charge in [-0.1, -0.05) is 170 Å². The van der Waals surface area contributed by atoms with E-state index in [0.717, 1.165) is 66.7 Å². The van der Waals surface area contributed by atoms with E-state index >= 15 is 0 Å². The molecule has 2 heterocycles. The van der Waals surface area contributed by atoms with E-state index in [1.54, 1.807) is 0 Å². The number of rotatable bonds is 5. The van der Waals surface area contributed by atoms with Crippen molar-refractivity contribution >= 4 is 60.9 Å². The molecule has 0 saturated heterocycles. The summed E-state index contributed by atoms with van der Waals surface area (Å²) in [5.41, 5.74) is 19.0. The predicted octanol–water partition coefficient (Wildman–Crippen LogP) is 16.4. The second-order valence-electron chi connectivity index (χ2n) is 17.5. The van der Waals surface area contributed by atoms with Gasteiger partial charge in [-0.15, -0.1) is 0 Å². The van der Waals surface area contributed by atoms with Crippen LogP contribution in [0.1, 0.15) is 28.2 Å². The lowest BCUT2D eigenvalue weighted by molar-refractivity contribution is 0.466. The molecule has 0 aliphatic heterocycles. The Labute approximate surface area is 370 Å². The molecule has 1 spiro atoms. The number of anilines is 3. The molecular formula is C61H39NO2. The molecule has 2 aromatic heterocycles. The highest BCUT2D eigenvalue weighted by atomic mass is 16.3. The molecule has 0 saturated carbocycles. The van der Waals surface area contributed by atoms with Gasteiger partial charge in [0.1, 0.15) is 22.3 Å². The average Bonchev–Trinajstić information content (AvgIpc) is 4.09. The Kier molecular flexibility index (Phi) is 7.44. The van der Waals surface area contributed by atoms with Crippen molar-refractivity contribution in [2.45, 2.75) is 11.3 Å². The topological polar surface area (TPSA) is 29.5 Å². The van der Waals surface area contributed by atoms with Crippen molar-refractivity contribution in [1.29, 1.82) is 0 Å². The zero-order valence-electron chi connectivity index (χ0n) is 34.8. The van der Waals surface area contributed by atoms with E-state index < -0.39 is 5.41 Å². The summed E-state index contributed by atoms with van der Waals surface area (Å²) in [6.07, 6.45) is 9.40. The monoisotopic (exact) mass is 817 g/mol. The van der Waals surface area contributed by atoms with Gasteiger partial charge < -0.3 is 13.7 Å². The third kappa shape index (κ3) is 4.87. The molecule has 0 bridgehead atoms. The summed E-state index contributed by atoms with van der Waals surface area (Å²) in [7, 11) is 0. The SMILES string of the molecule is C1=CC2c3cc4c(cc3C3(c5ccccc5-c5cccc(N(c6ccc(-c7ccccc7)cc6)c6ccc(-c7cccc8c7oc7ccccc78)cc6)c53)C2C=C1)oc1ccccc14. The fourth-order valence-corrected chi connectivity index (χ4v) is 11.7. The smallest absolute Gasteiger partial charge is 0.143 e. The minimum atomic E-state index is -0.504. The minimum Gasteiger partial charge on any atom is -0.456 e. The first-order valence-corrected chi connectivity index (χ1v) is 22.2. The largest absolute Gasteiger partial charge is 0.456 e. The van der Waals surface area contributed by atoms with Crippen LogP contribution in [0.2, 0.25) is 0 Å². The molecule has 3 nitrogen and oxygen atoms in total. The van der Waals surface area contributed by atoms with Crippen LogP contribution < -0.4 is 4.90 Å². The molecule has 3 aliphatic rings. The van der Waals surface area contributed by atoms with Crippen molar-refractivity contribution < 1.29 is 8.83 Å². The quantitative estimate of drug-likeness (QED) is 0.173. The first-order valence-electron chi connectivity index (χ1n) is 22.2. The molecule has 9 aromatic carbocycles. The Hall–Kier alpha value is -8.14. The summed E-state index contributed by atoms with van der Waals surface area (Å²) in [6.45, 7) is 0. The highest BCUT2D eigenvalue weighted by molar-refractivity contribution is 6.10. The number of hydrogen-bond acceptors (Lipinski definition) is 3. The first kappa shape index (κ1) is 35.5. The highest BCUT2D eigenvalue weighted by Crippen LogP contribution is 2.68. The molecule has 11 aromatic rings. The molecule has 3 aliphatic carbocycles. The van der Waals surface area contributed by atoms with E-state index in [1.807, 2.05) is 6.07 Å². The lowest BCUT2D eigenvalue weighted by atomic mass is 9.65. The van der Waals surface area contributed by atoms with E-state index in [-0.39, 0.29) is 11.8 Å². The Bertz CT molecular complexity index is 3740. The van der Waals surface area contributed by atoms with Crippen molar-refractivity contribution in [2.75, 3.05) is 4.90 Å². The zero-order valence-corrected chi connectivity index (χ0v) is 34.8. The predicted molar refractivity (Wildman–Crippen MR) is 263 cm³/mol. The Balaban J connectivity index is 1.01. The molecule has 0 fully saturated rings. The van der Waals surface area contributed by atoms with Crippen LogP contribution in [0.4, 0.5) is 17.1 Å².